The largest absolute Gasteiger partial charge is 0.493 e. The average molecular weight is 424 g/mol. The Morgan fingerprint density at radius 2 is 1.77 bits per heavy atom. The zero-order chi connectivity index (χ0) is 19.7. The molecule has 0 aromatic heterocycles. The summed E-state index contributed by atoms with van der Waals surface area (Å²) in [5.74, 6) is -1.22. The van der Waals surface area contributed by atoms with Gasteiger partial charge in [0.05, 0.1) is 17.1 Å². The van der Waals surface area contributed by atoms with E-state index in [1.807, 2.05) is 0 Å². The van der Waals surface area contributed by atoms with Gasteiger partial charge in [-0.25, -0.2) is 17.9 Å². The number of hydrogen-bond acceptors (Lipinski definition) is 5. The van der Waals surface area contributed by atoms with E-state index < -0.39 is 46.9 Å². The van der Waals surface area contributed by atoms with E-state index in [0.29, 0.717) is 6.42 Å². The summed E-state index contributed by atoms with van der Waals surface area (Å²) in [6.45, 7) is 1.91. The molecule has 0 spiro atoms. The highest BCUT2D eigenvalue weighted by atomic mass is 35.5. The van der Waals surface area contributed by atoms with Gasteiger partial charge in [-0.15, -0.1) is 0 Å². The summed E-state index contributed by atoms with van der Waals surface area (Å²) in [7, 11) is -9.36. The molecule has 11 heteroatoms. The van der Waals surface area contributed by atoms with Crippen LogP contribution in [0.2, 0.25) is 5.02 Å². The standard InChI is InChI=1S/C15H15ClFNO6S2/c1-2-6-24-11-8-9(16)7-10(17)14(11)15-12(25(18,19)20)4-3-5-13(15)26(21,22)23/h3-5,7-8H,2,6H2,1H3,(H2,18,19,20)(H,21,22,23). The van der Waals surface area contributed by atoms with Gasteiger partial charge in [-0.3, -0.25) is 4.55 Å². The van der Waals surface area contributed by atoms with Crippen LogP contribution in [0.3, 0.4) is 0 Å². The summed E-state index contributed by atoms with van der Waals surface area (Å²) in [5, 5.41) is 5.10. The number of rotatable bonds is 6. The zero-order valence-corrected chi connectivity index (χ0v) is 15.8. The molecule has 26 heavy (non-hydrogen) atoms. The van der Waals surface area contributed by atoms with Crippen LogP contribution >= 0.6 is 11.6 Å². The molecule has 0 heterocycles. The van der Waals surface area contributed by atoms with Gasteiger partial charge in [0.1, 0.15) is 16.5 Å². The van der Waals surface area contributed by atoms with Crippen molar-refractivity contribution in [2.24, 2.45) is 5.14 Å². The van der Waals surface area contributed by atoms with Crippen LogP contribution in [0.1, 0.15) is 13.3 Å². The molecule has 3 N–H and O–H groups in total. The van der Waals surface area contributed by atoms with E-state index in [9.17, 15) is 25.8 Å². The zero-order valence-electron chi connectivity index (χ0n) is 13.4. The first-order valence-electron chi connectivity index (χ1n) is 7.22. The maximum Gasteiger partial charge on any atom is 0.295 e. The van der Waals surface area contributed by atoms with Crippen molar-refractivity contribution in [3.63, 3.8) is 0 Å². The normalized spacial score (nSPS) is 12.2. The lowest BCUT2D eigenvalue weighted by molar-refractivity contribution is 0.317. The molecule has 0 unspecified atom stereocenters. The first-order valence-corrected chi connectivity index (χ1v) is 10.6. The summed E-state index contributed by atoms with van der Waals surface area (Å²) in [6.07, 6.45) is 0.537. The SMILES string of the molecule is CCCOc1cc(Cl)cc(F)c1-c1c(S(N)(=O)=O)cccc1S(=O)(=O)O. The van der Waals surface area contributed by atoms with Crippen LogP contribution in [-0.2, 0) is 20.1 Å². The average Bonchev–Trinajstić information content (AvgIpc) is 2.50. The summed E-state index contributed by atoms with van der Waals surface area (Å²) >= 11 is 5.82. The van der Waals surface area contributed by atoms with Crippen molar-refractivity contribution in [3.8, 4) is 16.9 Å². The number of nitrogens with two attached hydrogens (primary N) is 1. The Balaban J connectivity index is 3.01. The number of hydrogen-bond donors (Lipinski definition) is 2. The summed E-state index contributed by atoms with van der Waals surface area (Å²) < 4.78 is 76.9. The van der Waals surface area contributed by atoms with E-state index in [2.05, 4.69) is 0 Å². The first-order chi connectivity index (χ1) is 12.0. The molecule has 0 aliphatic heterocycles. The van der Waals surface area contributed by atoms with E-state index >= 15 is 0 Å². The summed E-state index contributed by atoms with van der Waals surface area (Å²) in [4.78, 5) is -1.51. The summed E-state index contributed by atoms with van der Waals surface area (Å²) in [5.41, 5.74) is -1.11. The highest BCUT2D eigenvalue weighted by molar-refractivity contribution is 7.89. The van der Waals surface area contributed by atoms with Crippen LogP contribution in [0.5, 0.6) is 5.75 Å². The lowest BCUT2D eigenvalue weighted by Gasteiger charge is -2.17. The van der Waals surface area contributed by atoms with Crippen LogP contribution in [0.4, 0.5) is 4.39 Å². The smallest absolute Gasteiger partial charge is 0.295 e. The molecule has 2 rings (SSSR count). The Morgan fingerprint density at radius 3 is 2.31 bits per heavy atom. The van der Waals surface area contributed by atoms with Gasteiger partial charge in [-0.2, -0.15) is 8.42 Å². The van der Waals surface area contributed by atoms with Gasteiger partial charge >= 0.3 is 0 Å². The van der Waals surface area contributed by atoms with E-state index in [1.165, 1.54) is 6.07 Å². The van der Waals surface area contributed by atoms with Gasteiger partial charge in [-0.05, 0) is 30.7 Å². The van der Waals surface area contributed by atoms with Crippen LogP contribution < -0.4 is 9.88 Å². The number of ether oxygens (including phenoxy) is 1. The molecule has 0 saturated heterocycles. The molecular weight excluding hydrogens is 409 g/mol. The maximum atomic E-state index is 14.7. The molecule has 0 amide bonds. The lowest BCUT2D eigenvalue weighted by Crippen LogP contribution is -2.16. The van der Waals surface area contributed by atoms with E-state index in [0.717, 1.165) is 24.3 Å². The van der Waals surface area contributed by atoms with Gasteiger partial charge in [0, 0.05) is 10.6 Å². The van der Waals surface area contributed by atoms with Crippen molar-refractivity contribution >= 4 is 31.7 Å². The van der Waals surface area contributed by atoms with Gasteiger partial charge in [-0.1, -0.05) is 24.6 Å². The highest BCUT2D eigenvalue weighted by Gasteiger charge is 2.29. The maximum absolute atomic E-state index is 14.7. The second kappa shape index (κ2) is 7.49. The van der Waals surface area contributed by atoms with Crippen LogP contribution in [0, 0.1) is 5.82 Å². The van der Waals surface area contributed by atoms with Crippen molar-refractivity contribution in [3.05, 3.63) is 41.2 Å². The topological polar surface area (TPSA) is 124 Å². The lowest BCUT2D eigenvalue weighted by atomic mass is 10.0. The molecule has 0 atom stereocenters. The van der Waals surface area contributed by atoms with Gasteiger partial charge < -0.3 is 4.74 Å². The highest BCUT2D eigenvalue weighted by Crippen LogP contribution is 2.41. The fourth-order valence-electron chi connectivity index (χ4n) is 2.33. The monoisotopic (exact) mass is 423 g/mol. The Morgan fingerprint density at radius 1 is 1.15 bits per heavy atom. The van der Waals surface area contributed by atoms with Crippen molar-refractivity contribution < 1.29 is 30.5 Å². The third kappa shape index (κ3) is 4.33. The van der Waals surface area contributed by atoms with Crippen LogP contribution in [0.15, 0.2) is 40.1 Å². The van der Waals surface area contributed by atoms with E-state index in [1.54, 1.807) is 6.92 Å². The molecule has 0 fully saturated rings. The van der Waals surface area contributed by atoms with Gasteiger partial charge in [0.25, 0.3) is 10.1 Å². The van der Waals surface area contributed by atoms with Crippen LogP contribution in [-0.4, -0.2) is 28.0 Å². The summed E-state index contributed by atoms with van der Waals surface area (Å²) in [6, 6.07) is 5.06. The third-order valence-electron chi connectivity index (χ3n) is 3.30. The molecule has 0 bridgehead atoms. The Hall–Kier alpha value is -1.72. The minimum atomic E-state index is -4.90. The van der Waals surface area contributed by atoms with Crippen molar-refractivity contribution in [1.82, 2.24) is 0 Å². The molecule has 0 aliphatic carbocycles. The molecule has 142 valence electrons. The quantitative estimate of drug-likeness (QED) is 0.688. The van der Waals surface area contributed by atoms with Gasteiger partial charge in [0.2, 0.25) is 10.0 Å². The number of sulfonamides is 1. The predicted octanol–water partition coefficient (Wildman–Crippen LogP) is 2.83. The Bertz CT molecular complexity index is 1000. The molecule has 0 aliphatic rings. The molecular formula is C15H15ClFNO6S2. The molecule has 7 nitrogen and oxygen atoms in total. The predicted molar refractivity (Wildman–Crippen MR) is 93.8 cm³/mol. The number of halogens is 2. The molecule has 2 aromatic carbocycles. The van der Waals surface area contributed by atoms with E-state index in [-0.39, 0.29) is 17.4 Å². The van der Waals surface area contributed by atoms with Crippen molar-refractivity contribution in [2.75, 3.05) is 6.61 Å². The molecule has 0 saturated carbocycles. The Kier molecular flexibility index (Phi) is 5.93. The molecule has 2 aromatic rings. The second-order valence-corrected chi connectivity index (χ2v) is 8.61. The second-order valence-electron chi connectivity index (χ2n) is 5.26. The fourth-order valence-corrected chi connectivity index (χ4v) is 4.07. The third-order valence-corrected chi connectivity index (χ3v) is 5.37. The van der Waals surface area contributed by atoms with Crippen LogP contribution in [0.25, 0.3) is 11.1 Å². The minimum absolute atomic E-state index is 0.0427. The van der Waals surface area contributed by atoms with Gasteiger partial charge in [0.15, 0.2) is 0 Å². The first kappa shape index (κ1) is 20.6. The van der Waals surface area contributed by atoms with Crippen molar-refractivity contribution in [2.45, 2.75) is 23.1 Å². The van der Waals surface area contributed by atoms with Crippen molar-refractivity contribution in [1.29, 1.82) is 0 Å². The molecule has 0 radical (unpaired) electrons. The Labute approximate surface area is 155 Å². The number of benzene rings is 2. The minimum Gasteiger partial charge on any atom is -0.493 e. The van der Waals surface area contributed by atoms with E-state index in [4.69, 9.17) is 21.5 Å². The number of primary sulfonamides is 1. The fraction of sp³-hybridized carbons (Fsp3) is 0.200.